The third-order valence-electron chi connectivity index (χ3n) is 3.84. The smallest absolute Gasteiger partial charge is 0.162 e. The molecule has 1 N–H and O–H groups in total. The lowest BCUT2D eigenvalue weighted by Crippen LogP contribution is -2.38. The van der Waals surface area contributed by atoms with Crippen molar-refractivity contribution < 1.29 is 35.1 Å². The van der Waals surface area contributed by atoms with Crippen LogP contribution in [0.15, 0.2) is 36.7 Å². The second-order valence-corrected chi connectivity index (χ2v) is 6.08. The number of morpholine rings is 1. The van der Waals surface area contributed by atoms with Crippen molar-refractivity contribution in [1.82, 2.24) is 14.9 Å². The molecule has 158 valence electrons. The van der Waals surface area contributed by atoms with Gasteiger partial charge in [-0.25, -0.2) is 14.4 Å². The number of aromatic nitrogens is 2. The molecule has 1 saturated heterocycles. The van der Waals surface area contributed by atoms with E-state index in [1.807, 2.05) is 0 Å². The molecule has 1 aliphatic rings. The van der Waals surface area contributed by atoms with E-state index in [-0.39, 0.29) is 27.5 Å². The highest BCUT2D eigenvalue weighted by molar-refractivity contribution is 6.31. The Kier molecular flexibility index (Phi) is 3.32. The summed E-state index contributed by atoms with van der Waals surface area (Å²) < 4.78 is 126. The Bertz CT molecular complexity index is 1510. The molecule has 0 radical (unpaired) electrons. The number of hydrogen-bond acceptors (Lipinski definition) is 7. The van der Waals surface area contributed by atoms with Gasteiger partial charge in [0.15, 0.2) is 11.5 Å². The van der Waals surface area contributed by atoms with E-state index in [0.717, 1.165) is 12.1 Å². The average Bonchev–Trinajstić information content (AvgIpc) is 2.84. The molecule has 9 heteroatoms. The highest BCUT2D eigenvalue weighted by atomic mass is 35.5. The van der Waals surface area contributed by atoms with Crippen molar-refractivity contribution in [3.63, 3.8) is 0 Å². The molecule has 30 heavy (non-hydrogen) atoms. The lowest BCUT2D eigenvalue weighted by atomic mass is 10.2. The first-order chi connectivity index (χ1) is 19.1. The van der Waals surface area contributed by atoms with Crippen molar-refractivity contribution in [3.8, 4) is 11.5 Å². The van der Waals surface area contributed by atoms with Crippen LogP contribution >= 0.6 is 11.6 Å². The Balaban J connectivity index is 1.80. The monoisotopic (exact) mass is 444 g/mol. The zero-order valence-electron chi connectivity index (χ0n) is 27.3. The fourth-order valence-electron chi connectivity index (χ4n) is 2.48. The summed E-state index contributed by atoms with van der Waals surface area (Å²) >= 11 is 5.84. The summed E-state index contributed by atoms with van der Waals surface area (Å²) in [5, 5.41) is 2.87. The lowest BCUT2D eigenvalue weighted by molar-refractivity contribution is 0.0321. The predicted octanol–water partition coefficient (Wildman–Crippen LogP) is 3.89. The largest absolute Gasteiger partial charge is 0.493 e. The van der Waals surface area contributed by atoms with Gasteiger partial charge in [0.25, 0.3) is 0 Å². The maximum atomic E-state index is 13.6. The minimum absolute atomic E-state index is 0.0981. The van der Waals surface area contributed by atoms with Crippen LogP contribution in [0.25, 0.3) is 10.9 Å². The van der Waals surface area contributed by atoms with Gasteiger partial charge in [0, 0.05) is 44.9 Å². The summed E-state index contributed by atoms with van der Waals surface area (Å²) in [6.45, 7) is -22.4. The highest BCUT2D eigenvalue weighted by Crippen LogP contribution is 2.35. The molecular weight excluding hydrogens is 411 g/mol. The van der Waals surface area contributed by atoms with Crippen molar-refractivity contribution in [1.29, 1.82) is 0 Å². The van der Waals surface area contributed by atoms with Crippen molar-refractivity contribution >= 4 is 34.0 Å². The zero-order chi connectivity index (χ0) is 31.7. The Hall–Kier alpha value is -2.68. The molecule has 7 nitrogen and oxygen atoms in total. The molecule has 0 amide bonds. The third kappa shape index (κ3) is 4.72. The average molecular weight is 445 g/mol. The fourth-order valence-corrected chi connectivity index (χ4v) is 2.66. The standard InChI is InChI=1S/C21H22ClFN4O3/c1-28-19-12-18-15(11-20(19)30-9-6-27-4-7-29-8-5-27)21(25-13-24-18)26-14-2-3-17(23)16(22)10-14/h2-3,10-13H,4-9H2,1H3,(H,24,25,26)/i4D2,5D2,6D2,7D2,8D2,9D2. The normalized spacial score (nSPS) is 28.2. The van der Waals surface area contributed by atoms with Gasteiger partial charge in [-0.15, -0.1) is 0 Å². The van der Waals surface area contributed by atoms with Gasteiger partial charge in [-0.2, -0.15) is 0 Å². The van der Waals surface area contributed by atoms with Crippen molar-refractivity contribution in [2.24, 2.45) is 0 Å². The molecule has 1 aliphatic heterocycles. The maximum Gasteiger partial charge on any atom is 0.162 e. The molecular formula is C21H22ClFN4O3. The summed E-state index contributed by atoms with van der Waals surface area (Å²) in [7, 11) is 1.18. The van der Waals surface area contributed by atoms with Gasteiger partial charge in [-0.1, -0.05) is 11.6 Å². The quantitative estimate of drug-likeness (QED) is 0.593. The second kappa shape index (κ2) is 9.42. The molecule has 0 unspecified atom stereocenters. The molecule has 0 saturated carbocycles. The number of halogens is 2. The van der Waals surface area contributed by atoms with Crippen LogP contribution in [-0.4, -0.2) is 61.1 Å². The van der Waals surface area contributed by atoms with E-state index in [1.54, 1.807) is 0 Å². The maximum absolute atomic E-state index is 13.6. The van der Waals surface area contributed by atoms with Crippen LogP contribution < -0.4 is 14.8 Å². The van der Waals surface area contributed by atoms with Gasteiger partial charge >= 0.3 is 0 Å². The second-order valence-electron chi connectivity index (χ2n) is 5.68. The molecule has 1 fully saturated rings. The van der Waals surface area contributed by atoms with Crippen LogP contribution in [0.5, 0.6) is 11.5 Å². The molecule has 2 heterocycles. The van der Waals surface area contributed by atoms with Crippen molar-refractivity contribution in [2.75, 3.05) is 51.6 Å². The van der Waals surface area contributed by atoms with E-state index in [4.69, 9.17) is 37.5 Å². The number of benzene rings is 2. The molecule has 4 rings (SSSR count). The highest BCUT2D eigenvalue weighted by Gasteiger charge is 2.14. The topological polar surface area (TPSA) is 68.7 Å². The summed E-state index contributed by atoms with van der Waals surface area (Å²) in [5.74, 6) is -1.24. The van der Waals surface area contributed by atoms with E-state index in [2.05, 4.69) is 20.0 Å². The van der Waals surface area contributed by atoms with Crippen LogP contribution in [0.4, 0.5) is 15.9 Å². The molecule has 0 bridgehead atoms. The van der Waals surface area contributed by atoms with Gasteiger partial charge in [0.1, 0.15) is 24.5 Å². The molecule has 0 aliphatic carbocycles. The number of hydrogen-bond donors (Lipinski definition) is 1. The summed E-state index contributed by atoms with van der Waals surface area (Å²) in [5.41, 5.74) is 0.544. The van der Waals surface area contributed by atoms with E-state index in [9.17, 15) is 4.39 Å². The van der Waals surface area contributed by atoms with Crippen molar-refractivity contribution in [2.45, 2.75) is 0 Å². The summed E-state index contributed by atoms with van der Waals surface area (Å²) in [6.07, 6.45) is 1.18. The first-order valence-electron chi connectivity index (χ1n) is 14.3. The van der Waals surface area contributed by atoms with E-state index < -0.39 is 55.6 Å². The molecule has 0 spiro atoms. The van der Waals surface area contributed by atoms with Crippen LogP contribution in [0.2, 0.25) is 5.02 Å². The van der Waals surface area contributed by atoms with Crippen LogP contribution in [0.3, 0.4) is 0 Å². The van der Waals surface area contributed by atoms with E-state index in [0.29, 0.717) is 5.69 Å². The van der Waals surface area contributed by atoms with E-state index >= 15 is 0 Å². The Morgan fingerprint density at radius 1 is 1.27 bits per heavy atom. The van der Waals surface area contributed by atoms with Crippen LogP contribution in [0, 0.1) is 5.82 Å². The molecule has 2 aromatic carbocycles. The Morgan fingerprint density at radius 3 is 2.87 bits per heavy atom. The van der Waals surface area contributed by atoms with Crippen LogP contribution in [0.1, 0.15) is 16.4 Å². The number of fused-ring (bicyclic) bond motifs is 1. The minimum atomic E-state index is -3.90. The lowest BCUT2D eigenvalue weighted by Gasteiger charge is -2.26. The molecule has 3 aromatic rings. The van der Waals surface area contributed by atoms with Gasteiger partial charge < -0.3 is 19.5 Å². The first-order valence-corrected chi connectivity index (χ1v) is 8.71. The first kappa shape index (κ1) is 10.6. The van der Waals surface area contributed by atoms with Gasteiger partial charge in [0.05, 0.1) is 39.0 Å². The SMILES string of the molecule is [2H]C([2H])(Oc1cc2c(Nc3ccc(F)c(Cl)c3)ncnc2cc1OC)C([2H])([2H])N1C([2H])([2H])C([2H])([2H])OC([2H])([2H])C1([2H])[2H]. The van der Waals surface area contributed by atoms with E-state index in [1.165, 1.54) is 31.6 Å². The molecule has 1 aromatic heterocycles. The van der Waals surface area contributed by atoms with Crippen LogP contribution in [-0.2, 0) is 4.74 Å². The predicted molar refractivity (Wildman–Crippen MR) is 114 cm³/mol. The van der Waals surface area contributed by atoms with Gasteiger partial charge in [-0.3, -0.25) is 4.90 Å². The third-order valence-corrected chi connectivity index (χ3v) is 4.13. The summed E-state index contributed by atoms with van der Waals surface area (Å²) in [6, 6.07) is 6.18. The number of nitrogens with zero attached hydrogens (tertiary/aromatic N) is 3. The number of anilines is 2. The van der Waals surface area contributed by atoms with Gasteiger partial charge in [-0.05, 0) is 24.3 Å². The number of rotatable bonds is 7. The van der Waals surface area contributed by atoms with Gasteiger partial charge in [0.2, 0.25) is 0 Å². The number of nitrogens with one attached hydrogen (secondary N) is 1. The Labute approximate surface area is 195 Å². The van der Waals surface area contributed by atoms with Crippen molar-refractivity contribution in [3.05, 3.63) is 47.5 Å². The number of ether oxygens (including phenoxy) is 3. The molecule has 0 atom stereocenters. The zero-order valence-corrected chi connectivity index (χ0v) is 16.0. The number of methoxy groups -OCH3 is 1. The summed E-state index contributed by atoms with van der Waals surface area (Å²) in [4.78, 5) is 7.66. The minimum Gasteiger partial charge on any atom is -0.493 e. The Morgan fingerprint density at radius 2 is 2.10 bits per heavy atom. The fraction of sp³-hybridized carbons (Fsp3) is 0.333.